The summed E-state index contributed by atoms with van der Waals surface area (Å²) in [5.74, 6) is -0.0438. The lowest BCUT2D eigenvalue weighted by Crippen LogP contribution is -2.31. The smallest absolute Gasteiger partial charge is 0.256 e. The van der Waals surface area contributed by atoms with Crippen molar-refractivity contribution >= 4 is 22.7 Å². The zero-order valence-corrected chi connectivity index (χ0v) is 13.7. The molecule has 3 rings (SSSR count). The van der Waals surface area contributed by atoms with Crippen LogP contribution >= 0.6 is 0 Å². The molecule has 0 spiro atoms. The van der Waals surface area contributed by atoms with E-state index in [4.69, 9.17) is 5.73 Å². The van der Waals surface area contributed by atoms with Gasteiger partial charge in [0.1, 0.15) is 0 Å². The van der Waals surface area contributed by atoms with Crippen LogP contribution < -0.4 is 5.73 Å². The fraction of sp³-hybridized carbons (Fsp3) is 0.444. The Bertz CT molecular complexity index is 748. The van der Waals surface area contributed by atoms with Gasteiger partial charge >= 0.3 is 0 Å². The monoisotopic (exact) mass is 313 g/mol. The maximum atomic E-state index is 12.9. The van der Waals surface area contributed by atoms with E-state index in [1.807, 2.05) is 30.5 Å². The number of amides is 2. The van der Waals surface area contributed by atoms with Crippen molar-refractivity contribution in [1.29, 1.82) is 0 Å². The van der Waals surface area contributed by atoms with Gasteiger partial charge in [-0.2, -0.15) is 0 Å². The second kappa shape index (κ2) is 6.07. The molecule has 122 valence electrons. The van der Waals surface area contributed by atoms with Crippen LogP contribution in [-0.2, 0) is 11.3 Å². The number of carbonyl (C=O) groups excluding carboxylic acids is 2. The Morgan fingerprint density at radius 1 is 1.30 bits per heavy atom. The van der Waals surface area contributed by atoms with Crippen LogP contribution in [0, 0.1) is 11.8 Å². The van der Waals surface area contributed by atoms with Crippen molar-refractivity contribution < 1.29 is 9.59 Å². The number of hydrogen-bond acceptors (Lipinski definition) is 2. The first-order valence-corrected chi connectivity index (χ1v) is 8.14. The number of nitrogens with two attached hydrogens (primary N) is 1. The number of para-hydroxylation sites is 1. The van der Waals surface area contributed by atoms with Gasteiger partial charge in [-0.1, -0.05) is 32.0 Å². The number of hydrogen-bond donors (Lipinski definition) is 1. The van der Waals surface area contributed by atoms with Crippen molar-refractivity contribution in [2.45, 2.75) is 26.8 Å². The molecule has 0 unspecified atom stereocenters. The molecule has 1 fully saturated rings. The van der Waals surface area contributed by atoms with E-state index < -0.39 is 0 Å². The maximum Gasteiger partial charge on any atom is 0.256 e. The molecule has 23 heavy (non-hydrogen) atoms. The number of carbonyl (C=O) groups is 2. The van der Waals surface area contributed by atoms with Gasteiger partial charge in [0, 0.05) is 36.7 Å². The highest BCUT2D eigenvalue weighted by molar-refractivity contribution is 6.07. The van der Waals surface area contributed by atoms with Gasteiger partial charge in [0.25, 0.3) is 5.91 Å². The third-order valence-electron chi connectivity index (χ3n) is 4.46. The first-order chi connectivity index (χ1) is 11.0. The van der Waals surface area contributed by atoms with Crippen LogP contribution in [0.5, 0.6) is 0 Å². The van der Waals surface area contributed by atoms with Crippen LogP contribution in [-0.4, -0.2) is 34.4 Å². The molecule has 1 aromatic heterocycles. The molecule has 2 heterocycles. The van der Waals surface area contributed by atoms with Crippen LogP contribution in [0.1, 0.15) is 30.6 Å². The third-order valence-corrected chi connectivity index (χ3v) is 4.46. The molecule has 1 aliphatic rings. The highest BCUT2D eigenvalue weighted by atomic mass is 16.2. The standard InChI is InChI=1S/C18H23N3O2/c1-12(2)9-21-11-15(14-5-3-4-6-16(14)21)18(23)20-8-7-13(10-20)17(19)22/h3-6,11-13H,7-10H2,1-2H3,(H2,19,22)/t13-/m0/s1. The Morgan fingerprint density at radius 2 is 2.04 bits per heavy atom. The number of likely N-dealkylation sites (tertiary alicyclic amines) is 1. The van der Waals surface area contributed by atoms with E-state index in [0.29, 0.717) is 31.0 Å². The van der Waals surface area contributed by atoms with Crippen molar-refractivity contribution in [2.75, 3.05) is 13.1 Å². The number of rotatable bonds is 4. The zero-order chi connectivity index (χ0) is 16.6. The number of benzene rings is 1. The molecule has 2 N–H and O–H groups in total. The number of aromatic nitrogens is 1. The largest absolute Gasteiger partial charge is 0.369 e. The summed E-state index contributed by atoms with van der Waals surface area (Å²) in [4.78, 5) is 26.0. The Hall–Kier alpha value is -2.30. The number of nitrogens with zero attached hydrogens (tertiary/aromatic N) is 2. The van der Waals surface area contributed by atoms with Crippen LogP contribution in [0.2, 0.25) is 0 Å². The van der Waals surface area contributed by atoms with Crippen molar-refractivity contribution in [3.05, 3.63) is 36.0 Å². The molecule has 5 nitrogen and oxygen atoms in total. The van der Waals surface area contributed by atoms with Gasteiger partial charge in [-0.15, -0.1) is 0 Å². The first kappa shape index (κ1) is 15.6. The Morgan fingerprint density at radius 3 is 2.70 bits per heavy atom. The van der Waals surface area contributed by atoms with Gasteiger partial charge in [0.05, 0.1) is 11.5 Å². The number of primary amides is 1. The molecule has 2 amide bonds. The predicted octanol–water partition coefficient (Wildman–Crippen LogP) is 2.24. The molecular weight excluding hydrogens is 290 g/mol. The Balaban J connectivity index is 1.93. The summed E-state index contributed by atoms with van der Waals surface area (Å²) >= 11 is 0. The summed E-state index contributed by atoms with van der Waals surface area (Å²) in [5, 5.41) is 0.973. The summed E-state index contributed by atoms with van der Waals surface area (Å²) in [6, 6.07) is 7.98. The van der Waals surface area contributed by atoms with Gasteiger partial charge < -0.3 is 15.2 Å². The zero-order valence-electron chi connectivity index (χ0n) is 13.7. The van der Waals surface area contributed by atoms with Gasteiger partial charge in [0.2, 0.25) is 5.91 Å². The predicted molar refractivity (Wildman–Crippen MR) is 90.0 cm³/mol. The van der Waals surface area contributed by atoms with Crippen LogP contribution in [0.3, 0.4) is 0 Å². The van der Waals surface area contributed by atoms with Crippen molar-refractivity contribution in [2.24, 2.45) is 17.6 Å². The van der Waals surface area contributed by atoms with Crippen LogP contribution in [0.15, 0.2) is 30.5 Å². The lowest BCUT2D eigenvalue weighted by atomic mass is 10.1. The minimum atomic E-state index is -0.317. The minimum Gasteiger partial charge on any atom is -0.369 e. The molecule has 0 radical (unpaired) electrons. The summed E-state index contributed by atoms with van der Waals surface area (Å²) in [5.41, 5.74) is 7.16. The maximum absolute atomic E-state index is 12.9. The molecule has 2 aromatic rings. The summed E-state index contributed by atoms with van der Waals surface area (Å²) in [6.45, 7) is 6.22. The molecule has 1 atom stereocenters. The lowest BCUT2D eigenvalue weighted by molar-refractivity contribution is -0.121. The molecule has 0 bridgehead atoms. The Kier molecular flexibility index (Phi) is 4.11. The van der Waals surface area contributed by atoms with Gasteiger partial charge in [0.15, 0.2) is 0 Å². The SMILES string of the molecule is CC(C)Cn1cc(C(=O)N2CC[C@H](C(N)=O)C2)c2ccccc21. The van der Waals surface area contributed by atoms with Gasteiger partial charge in [-0.05, 0) is 18.4 Å². The molecule has 1 saturated heterocycles. The fourth-order valence-electron chi connectivity index (χ4n) is 3.31. The first-order valence-electron chi connectivity index (χ1n) is 8.14. The quantitative estimate of drug-likeness (QED) is 0.940. The minimum absolute atomic E-state index is 0.00699. The van der Waals surface area contributed by atoms with Gasteiger partial charge in [-0.3, -0.25) is 9.59 Å². The van der Waals surface area contributed by atoms with Crippen LogP contribution in [0.4, 0.5) is 0 Å². The molecule has 0 aliphatic carbocycles. The summed E-state index contributed by atoms with van der Waals surface area (Å²) in [6.07, 6.45) is 2.61. The van der Waals surface area contributed by atoms with E-state index in [2.05, 4.69) is 18.4 Å². The van der Waals surface area contributed by atoms with Crippen molar-refractivity contribution in [3.8, 4) is 0 Å². The molecule has 5 heteroatoms. The molecule has 0 saturated carbocycles. The number of fused-ring (bicyclic) bond motifs is 1. The lowest BCUT2D eigenvalue weighted by Gasteiger charge is -2.15. The van der Waals surface area contributed by atoms with E-state index in [1.54, 1.807) is 4.90 Å². The van der Waals surface area contributed by atoms with E-state index in [9.17, 15) is 9.59 Å². The van der Waals surface area contributed by atoms with E-state index in [0.717, 1.165) is 17.4 Å². The van der Waals surface area contributed by atoms with Crippen LogP contribution in [0.25, 0.3) is 10.9 Å². The van der Waals surface area contributed by atoms with Crippen molar-refractivity contribution in [1.82, 2.24) is 9.47 Å². The van der Waals surface area contributed by atoms with Crippen molar-refractivity contribution in [3.63, 3.8) is 0 Å². The van der Waals surface area contributed by atoms with E-state index in [-0.39, 0.29) is 17.7 Å². The second-order valence-corrected chi connectivity index (χ2v) is 6.75. The summed E-state index contributed by atoms with van der Waals surface area (Å²) in [7, 11) is 0. The third kappa shape index (κ3) is 2.96. The highest BCUT2D eigenvalue weighted by Crippen LogP contribution is 2.26. The van der Waals surface area contributed by atoms with E-state index >= 15 is 0 Å². The van der Waals surface area contributed by atoms with E-state index in [1.165, 1.54) is 0 Å². The average Bonchev–Trinajstić information content (AvgIpc) is 3.12. The Labute approximate surface area is 136 Å². The fourth-order valence-corrected chi connectivity index (χ4v) is 3.31. The molecule has 1 aromatic carbocycles. The second-order valence-electron chi connectivity index (χ2n) is 6.75. The topological polar surface area (TPSA) is 68.3 Å². The summed E-state index contributed by atoms with van der Waals surface area (Å²) < 4.78 is 2.15. The molecular formula is C18H23N3O2. The molecule has 1 aliphatic heterocycles. The normalized spacial score (nSPS) is 18.0. The van der Waals surface area contributed by atoms with Gasteiger partial charge in [-0.25, -0.2) is 0 Å². The highest BCUT2D eigenvalue weighted by Gasteiger charge is 2.31. The average molecular weight is 313 g/mol.